The standard InChI is InChI=1S/C15H18BrNO3/c1-2-5-12(10-15(19)20)17-14(18)9-8-11-6-3-4-7-13(11)16/h3-4,6-9,12H,2,5,10H2,1H3,(H,17,18)(H,19,20)/b9-8+. The molecule has 0 bridgehead atoms. The predicted molar refractivity (Wildman–Crippen MR) is 82.3 cm³/mol. The van der Waals surface area contributed by atoms with E-state index in [9.17, 15) is 9.59 Å². The fraction of sp³-hybridized carbons (Fsp3) is 0.333. The van der Waals surface area contributed by atoms with Gasteiger partial charge in [-0.3, -0.25) is 9.59 Å². The molecule has 2 N–H and O–H groups in total. The molecule has 0 aliphatic rings. The highest BCUT2D eigenvalue weighted by molar-refractivity contribution is 9.10. The zero-order valence-electron chi connectivity index (χ0n) is 11.3. The Labute approximate surface area is 127 Å². The summed E-state index contributed by atoms with van der Waals surface area (Å²) in [6.45, 7) is 1.96. The highest BCUT2D eigenvalue weighted by Gasteiger charge is 2.13. The van der Waals surface area contributed by atoms with Gasteiger partial charge in [0.15, 0.2) is 0 Å². The second-order valence-corrected chi connectivity index (χ2v) is 5.30. The van der Waals surface area contributed by atoms with E-state index >= 15 is 0 Å². The van der Waals surface area contributed by atoms with Crippen molar-refractivity contribution in [1.29, 1.82) is 0 Å². The Hall–Kier alpha value is -1.62. The normalized spacial score (nSPS) is 12.3. The van der Waals surface area contributed by atoms with Crippen LogP contribution in [0.1, 0.15) is 31.7 Å². The van der Waals surface area contributed by atoms with Crippen molar-refractivity contribution in [1.82, 2.24) is 5.32 Å². The number of carboxylic acid groups (broad SMARTS) is 1. The van der Waals surface area contributed by atoms with Gasteiger partial charge in [-0.2, -0.15) is 0 Å². The van der Waals surface area contributed by atoms with Crippen molar-refractivity contribution in [2.24, 2.45) is 0 Å². The Morgan fingerprint density at radius 2 is 2.10 bits per heavy atom. The Morgan fingerprint density at radius 3 is 2.70 bits per heavy atom. The lowest BCUT2D eigenvalue weighted by atomic mass is 10.1. The van der Waals surface area contributed by atoms with E-state index in [-0.39, 0.29) is 18.4 Å². The van der Waals surface area contributed by atoms with Gasteiger partial charge in [0.05, 0.1) is 6.42 Å². The molecule has 0 aliphatic heterocycles. The number of rotatable bonds is 7. The molecule has 1 atom stereocenters. The lowest BCUT2D eigenvalue weighted by Gasteiger charge is -2.14. The van der Waals surface area contributed by atoms with Gasteiger partial charge >= 0.3 is 5.97 Å². The van der Waals surface area contributed by atoms with Crippen LogP contribution in [-0.4, -0.2) is 23.0 Å². The summed E-state index contributed by atoms with van der Waals surface area (Å²) in [6, 6.07) is 7.23. The first-order valence-electron chi connectivity index (χ1n) is 6.47. The topological polar surface area (TPSA) is 66.4 Å². The monoisotopic (exact) mass is 339 g/mol. The van der Waals surface area contributed by atoms with E-state index in [1.54, 1.807) is 6.08 Å². The minimum absolute atomic E-state index is 0.0531. The fourth-order valence-electron chi connectivity index (χ4n) is 1.81. The van der Waals surface area contributed by atoms with Crippen molar-refractivity contribution in [2.45, 2.75) is 32.2 Å². The molecular weight excluding hydrogens is 322 g/mol. The van der Waals surface area contributed by atoms with Gasteiger partial charge < -0.3 is 10.4 Å². The predicted octanol–water partition coefficient (Wildman–Crippen LogP) is 3.22. The number of aliphatic carboxylic acids is 1. The van der Waals surface area contributed by atoms with Gasteiger partial charge in [-0.1, -0.05) is 47.5 Å². The average Bonchev–Trinajstić information content (AvgIpc) is 2.37. The highest BCUT2D eigenvalue weighted by atomic mass is 79.9. The van der Waals surface area contributed by atoms with Gasteiger partial charge in [0.1, 0.15) is 0 Å². The molecule has 1 aromatic carbocycles. The van der Waals surface area contributed by atoms with Gasteiger partial charge in [-0.25, -0.2) is 0 Å². The molecule has 0 saturated heterocycles. The van der Waals surface area contributed by atoms with E-state index in [2.05, 4.69) is 21.2 Å². The van der Waals surface area contributed by atoms with E-state index in [4.69, 9.17) is 5.11 Å². The third-order valence-corrected chi connectivity index (χ3v) is 3.45. The van der Waals surface area contributed by atoms with Crippen molar-refractivity contribution in [3.05, 3.63) is 40.4 Å². The van der Waals surface area contributed by atoms with Crippen LogP contribution in [0, 0.1) is 0 Å². The third-order valence-electron chi connectivity index (χ3n) is 2.72. The van der Waals surface area contributed by atoms with Gasteiger partial charge in [-0.15, -0.1) is 0 Å². The van der Waals surface area contributed by atoms with Gasteiger partial charge in [-0.05, 0) is 24.1 Å². The molecule has 5 heteroatoms. The molecule has 1 aromatic rings. The second-order valence-electron chi connectivity index (χ2n) is 4.45. The minimum Gasteiger partial charge on any atom is -0.481 e. The van der Waals surface area contributed by atoms with E-state index in [0.717, 1.165) is 16.5 Å². The molecule has 4 nitrogen and oxygen atoms in total. The van der Waals surface area contributed by atoms with Gasteiger partial charge in [0.2, 0.25) is 5.91 Å². The van der Waals surface area contributed by atoms with Crippen LogP contribution >= 0.6 is 15.9 Å². The number of hydrogen-bond donors (Lipinski definition) is 2. The number of carbonyl (C=O) groups is 2. The number of halogens is 1. The van der Waals surface area contributed by atoms with Crippen molar-refractivity contribution >= 4 is 33.9 Å². The maximum Gasteiger partial charge on any atom is 0.305 e. The summed E-state index contributed by atoms with van der Waals surface area (Å²) in [7, 11) is 0. The van der Waals surface area contributed by atoms with Crippen molar-refractivity contribution in [3.8, 4) is 0 Å². The van der Waals surface area contributed by atoms with Crippen LogP contribution in [0.25, 0.3) is 6.08 Å². The molecule has 108 valence electrons. The molecule has 0 fully saturated rings. The van der Waals surface area contributed by atoms with E-state index in [0.29, 0.717) is 6.42 Å². The number of amides is 1. The molecule has 1 rings (SSSR count). The fourth-order valence-corrected chi connectivity index (χ4v) is 2.23. The first-order valence-corrected chi connectivity index (χ1v) is 7.27. The maximum atomic E-state index is 11.8. The quantitative estimate of drug-likeness (QED) is 0.749. The summed E-state index contributed by atoms with van der Waals surface area (Å²) in [5.74, 6) is -1.18. The Morgan fingerprint density at radius 1 is 1.40 bits per heavy atom. The second kappa shape index (κ2) is 8.53. The van der Waals surface area contributed by atoms with Gasteiger partial charge in [0, 0.05) is 16.6 Å². The Kier molecular flexibility index (Phi) is 7.01. The van der Waals surface area contributed by atoms with Crippen LogP contribution in [0.5, 0.6) is 0 Å². The van der Waals surface area contributed by atoms with E-state index < -0.39 is 5.97 Å². The van der Waals surface area contributed by atoms with Crippen LogP contribution in [0.4, 0.5) is 0 Å². The Bertz CT molecular complexity index is 500. The largest absolute Gasteiger partial charge is 0.481 e. The number of hydrogen-bond acceptors (Lipinski definition) is 2. The molecule has 20 heavy (non-hydrogen) atoms. The van der Waals surface area contributed by atoms with Crippen LogP contribution in [0.2, 0.25) is 0 Å². The van der Waals surface area contributed by atoms with E-state index in [1.165, 1.54) is 6.08 Å². The van der Waals surface area contributed by atoms with Crippen LogP contribution in [0.15, 0.2) is 34.8 Å². The van der Waals surface area contributed by atoms with Crippen LogP contribution in [-0.2, 0) is 9.59 Å². The number of benzene rings is 1. The molecule has 1 amide bonds. The summed E-state index contributed by atoms with van der Waals surface area (Å²) in [5, 5.41) is 11.5. The van der Waals surface area contributed by atoms with Crippen LogP contribution < -0.4 is 5.32 Å². The summed E-state index contributed by atoms with van der Waals surface area (Å²) >= 11 is 3.39. The summed E-state index contributed by atoms with van der Waals surface area (Å²) in [6.07, 6.45) is 4.54. The molecule has 0 saturated carbocycles. The summed E-state index contributed by atoms with van der Waals surface area (Å²) in [5.41, 5.74) is 0.896. The third kappa shape index (κ3) is 6.02. The average molecular weight is 340 g/mol. The zero-order valence-corrected chi connectivity index (χ0v) is 12.9. The highest BCUT2D eigenvalue weighted by Crippen LogP contribution is 2.17. The minimum atomic E-state index is -0.904. The first-order chi connectivity index (χ1) is 9.52. The first kappa shape index (κ1) is 16.4. The number of nitrogens with one attached hydrogen (secondary N) is 1. The zero-order chi connectivity index (χ0) is 15.0. The Balaban J connectivity index is 2.61. The maximum absolute atomic E-state index is 11.8. The molecule has 0 aromatic heterocycles. The van der Waals surface area contributed by atoms with Crippen LogP contribution in [0.3, 0.4) is 0 Å². The number of carboxylic acids is 1. The molecule has 0 radical (unpaired) electrons. The molecule has 1 unspecified atom stereocenters. The van der Waals surface area contributed by atoms with E-state index in [1.807, 2.05) is 31.2 Å². The molecule has 0 heterocycles. The lowest BCUT2D eigenvalue weighted by molar-refractivity contribution is -0.137. The summed E-state index contributed by atoms with van der Waals surface area (Å²) in [4.78, 5) is 22.5. The molecule has 0 spiro atoms. The van der Waals surface area contributed by atoms with Gasteiger partial charge in [0.25, 0.3) is 0 Å². The molecular formula is C15H18BrNO3. The summed E-state index contributed by atoms with van der Waals surface area (Å²) < 4.78 is 0.902. The van der Waals surface area contributed by atoms with Crippen molar-refractivity contribution in [2.75, 3.05) is 0 Å². The number of carbonyl (C=O) groups excluding carboxylic acids is 1. The molecule has 0 aliphatic carbocycles. The van der Waals surface area contributed by atoms with Crippen molar-refractivity contribution < 1.29 is 14.7 Å². The SMILES string of the molecule is CCCC(CC(=O)O)NC(=O)/C=C/c1ccccc1Br. The lowest BCUT2D eigenvalue weighted by Crippen LogP contribution is -2.35. The van der Waals surface area contributed by atoms with Crippen molar-refractivity contribution in [3.63, 3.8) is 0 Å². The smallest absolute Gasteiger partial charge is 0.305 e.